The van der Waals surface area contributed by atoms with Crippen LogP contribution in [0.15, 0.2) is 24.3 Å². The molecule has 2 atom stereocenters. The first kappa shape index (κ1) is 21.4. The number of ether oxygens (including phenoxy) is 2. The number of nitrogens with zero attached hydrogens (tertiary/aromatic N) is 1. The molecule has 7 nitrogen and oxygen atoms in total. The van der Waals surface area contributed by atoms with E-state index in [9.17, 15) is 14.4 Å². The molecular weight excluding hydrogens is 396 g/mol. The average molecular weight is 423 g/mol. The molecule has 8 heteroatoms. The predicted octanol–water partition coefficient (Wildman–Crippen LogP) is 3.40. The molecule has 0 radical (unpaired) electrons. The number of hydrogen-bond donors (Lipinski definition) is 1. The van der Waals surface area contributed by atoms with Crippen molar-refractivity contribution in [2.24, 2.45) is 11.3 Å². The van der Waals surface area contributed by atoms with Crippen molar-refractivity contribution in [2.75, 3.05) is 19.8 Å². The Hall–Kier alpha value is -2.28. The number of para-hydroxylation sites is 1. The van der Waals surface area contributed by atoms with Crippen molar-refractivity contribution < 1.29 is 23.9 Å². The average Bonchev–Trinajstić information content (AvgIpc) is 2.81. The number of rotatable bonds is 6. The number of carbonyl (C=O) groups excluding carboxylic acids is 3. The van der Waals surface area contributed by atoms with Crippen LogP contribution in [0.5, 0.6) is 5.75 Å². The lowest BCUT2D eigenvalue weighted by Gasteiger charge is -2.43. The number of carbonyl (C=O) groups is 3. The van der Waals surface area contributed by atoms with Gasteiger partial charge in [-0.2, -0.15) is 0 Å². The van der Waals surface area contributed by atoms with E-state index in [1.165, 1.54) is 0 Å². The van der Waals surface area contributed by atoms with E-state index in [4.69, 9.17) is 21.1 Å². The molecule has 1 saturated carbocycles. The Labute approximate surface area is 175 Å². The molecule has 0 aromatic heterocycles. The third kappa shape index (κ3) is 4.83. The van der Waals surface area contributed by atoms with E-state index in [-0.39, 0.29) is 24.5 Å². The molecule has 1 aromatic rings. The minimum atomic E-state index is -0.925. The highest BCUT2D eigenvalue weighted by Gasteiger charge is 2.56. The predicted molar refractivity (Wildman–Crippen MR) is 108 cm³/mol. The molecule has 1 heterocycles. The minimum absolute atomic E-state index is 0.0110. The lowest BCUT2D eigenvalue weighted by molar-refractivity contribution is -0.149. The van der Waals surface area contributed by atoms with E-state index in [1.54, 1.807) is 24.3 Å². The number of urea groups is 1. The van der Waals surface area contributed by atoms with Crippen molar-refractivity contribution in [2.45, 2.75) is 45.6 Å². The fourth-order valence-electron chi connectivity index (χ4n) is 4.69. The van der Waals surface area contributed by atoms with Gasteiger partial charge in [-0.05, 0) is 42.7 Å². The number of halogens is 1. The maximum atomic E-state index is 13.0. The molecule has 1 aromatic carbocycles. The van der Waals surface area contributed by atoms with Gasteiger partial charge >= 0.3 is 12.0 Å². The zero-order chi connectivity index (χ0) is 21.2. The summed E-state index contributed by atoms with van der Waals surface area (Å²) in [5.74, 6) is -0.199. The van der Waals surface area contributed by atoms with Crippen LogP contribution in [0.3, 0.4) is 0 Å². The van der Waals surface area contributed by atoms with E-state index in [0.29, 0.717) is 29.5 Å². The number of imide groups is 1. The molecule has 1 aliphatic carbocycles. The van der Waals surface area contributed by atoms with Crippen LogP contribution in [0.2, 0.25) is 5.02 Å². The van der Waals surface area contributed by atoms with Gasteiger partial charge in [0.25, 0.3) is 5.91 Å². The Morgan fingerprint density at radius 2 is 1.97 bits per heavy atom. The van der Waals surface area contributed by atoms with Crippen LogP contribution in [-0.4, -0.2) is 48.1 Å². The zero-order valence-electron chi connectivity index (χ0n) is 17.0. The second kappa shape index (κ2) is 8.22. The number of esters is 1. The summed E-state index contributed by atoms with van der Waals surface area (Å²) in [6.07, 6.45) is 2.13. The van der Waals surface area contributed by atoms with Gasteiger partial charge in [0.2, 0.25) is 0 Å². The van der Waals surface area contributed by atoms with Gasteiger partial charge in [-0.25, -0.2) is 4.79 Å². The molecule has 1 saturated heterocycles. The Morgan fingerprint density at radius 1 is 1.24 bits per heavy atom. The van der Waals surface area contributed by atoms with Gasteiger partial charge in [0.1, 0.15) is 31.0 Å². The lowest BCUT2D eigenvalue weighted by Crippen LogP contribution is -2.54. The van der Waals surface area contributed by atoms with Crippen LogP contribution in [-0.2, 0) is 14.3 Å². The van der Waals surface area contributed by atoms with Gasteiger partial charge in [0.05, 0.1) is 5.02 Å². The summed E-state index contributed by atoms with van der Waals surface area (Å²) in [6, 6.07) is 6.44. The van der Waals surface area contributed by atoms with Crippen LogP contribution in [0, 0.1) is 11.3 Å². The van der Waals surface area contributed by atoms with Crippen LogP contribution in [0.1, 0.15) is 40.0 Å². The van der Waals surface area contributed by atoms with Crippen molar-refractivity contribution in [3.8, 4) is 5.75 Å². The summed E-state index contributed by atoms with van der Waals surface area (Å²) < 4.78 is 10.6. The number of nitrogens with one attached hydrogen (secondary N) is 1. The molecule has 0 bridgehead atoms. The van der Waals surface area contributed by atoms with Crippen molar-refractivity contribution in [1.82, 2.24) is 10.2 Å². The first-order valence-corrected chi connectivity index (χ1v) is 10.2. The Morgan fingerprint density at radius 3 is 2.66 bits per heavy atom. The number of hydrogen-bond acceptors (Lipinski definition) is 5. The van der Waals surface area contributed by atoms with Crippen molar-refractivity contribution in [1.29, 1.82) is 0 Å². The third-order valence-electron chi connectivity index (χ3n) is 5.35. The summed E-state index contributed by atoms with van der Waals surface area (Å²) in [4.78, 5) is 38.5. The highest BCUT2D eigenvalue weighted by Crippen LogP contribution is 2.46. The van der Waals surface area contributed by atoms with E-state index in [2.05, 4.69) is 26.1 Å². The summed E-state index contributed by atoms with van der Waals surface area (Å²) >= 11 is 5.99. The van der Waals surface area contributed by atoms with Gasteiger partial charge in [-0.3, -0.25) is 14.5 Å². The molecule has 158 valence electrons. The molecule has 2 fully saturated rings. The molecule has 1 N–H and O–H groups in total. The fraction of sp³-hybridized carbons (Fsp3) is 0.571. The maximum absolute atomic E-state index is 13.0. The molecule has 3 amide bonds. The first-order valence-electron chi connectivity index (χ1n) is 9.79. The minimum Gasteiger partial charge on any atom is -0.488 e. The summed E-state index contributed by atoms with van der Waals surface area (Å²) in [5, 5.41) is 3.31. The Bertz CT molecular complexity index is 812. The van der Waals surface area contributed by atoms with Gasteiger partial charge < -0.3 is 14.8 Å². The lowest BCUT2D eigenvalue weighted by atomic mass is 9.64. The standard InChI is InChI=1S/C21H27ClN2O5/c1-14-10-20(2,3)13-21(11-14)18(26)24(19(27)23-21)12-17(25)29-9-8-28-16-7-5-4-6-15(16)22/h4-7,14H,8-13H2,1-3H3,(H,23,27). The SMILES string of the molecule is CC1CC(C)(C)CC2(C1)NC(=O)N(CC(=O)OCCOc1ccccc1Cl)C2=O. The second-order valence-electron chi connectivity index (χ2n) is 8.76. The van der Waals surface area contributed by atoms with E-state index in [1.807, 2.05) is 0 Å². The summed E-state index contributed by atoms with van der Waals surface area (Å²) in [5.41, 5.74) is -0.987. The molecule has 2 aliphatic rings. The van der Waals surface area contributed by atoms with Gasteiger partial charge in [0.15, 0.2) is 0 Å². The van der Waals surface area contributed by atoms with Crippen LogP contribution in [0.4, 0.5) is 4.79 Å². The van der Waals surface area contributed by atoms with Gasteiger partial charge in [-0.1, -0.05) is 44.5 Å². The monoisotopic (exact) mass is 422 g/mol. The molecule has 1 aliphatic heterocycles. The summed E-state index contributed by atoms with van der Waals surface area (Å²) in [7, 11) is 0. The van der Waals surface area contributed by atoms with Crippen LogP contribution >= 0.6 is 11.6 Å². The van der Waals surface area contributed by atoms with Crippen molar-refractivity contribution in [3.05, 3.63) is 29.3 Å². The third-order valence-corrected chi connectivity index (χ3v) is 5.66. The largest absolute Gasteiger partial charge is 0.488 e. The highest BCUT2D eigenvalue weighted by molar-refractivity contribution is 6.32. The summed E-state index contributed by atoms with van der Waals surface area (Å²) in [6.45, 7) is 5.97. The number of amides is 3. The Balaban J connectivity index is 1.52. The van der Waals surface area contributed by atoms with Crippen molar-refractivity contribution >= 4 is 29.5 Å². The zero-order valence-corrected chi connectivity index (χ0v) is 17.8. The topological polar surface area (TPSA) is 84.9 Å². The fourth-order valence-corrected chi connectivity index (χ4v) is 4.88. The van der Waals surface area contributed by atoms with Crippen molar-refractivity contribution in [3.63, 3.8) is 0 Å². The molecule has 29 heavy (non-hydrogen) atoms. The first-order chi connectivity index (χ1) is 13.6. The van der Waals surface area contributed by atoms with E-state index >= 15 is 0 Å². The molecule has 1 spiro atoms. The normalized spacial score (nSPS) is 25.8. The quantitative estimate of drug-likeness (QED) is 0.431. The van der Waals surface area contributed by atoms with E-state index in [0.717, 1.165) is 11.3 Å². The smallest absolute Gasteiger partial charge is 0.326 e. The van der Waals surface area contributed by atoms with Gasteiger partial charge in [-0.15, -0.1) is 0 Å². The van der Waals surface area contributed by atoms with Crippen LogP contribution in [0.25, 0.3) is 0 Å². The van der Waals surface area contributed by atoms with Gasteiger partial charge in [0, 0.05) is 0 Å². The molecule has 3 rings (SSSR count). The van der Waals surface area contributed by atoms with E-state index < -0.39 is 24.1 Å². The maximum Gasteiger partial charge on any atom is 0.326 e. The second-order valence-corrected chi connectivity index (χ2v) is 9.16. The molecule has 2 unspecified atom stereocenters. The highest BCUT2D eigenvalue weighted by atomic mass is 35.5. The van der Waals surface area contributed by atoms with Crippen LogP contribution < -0.4 is 10.1 Å². The number of benzene rings is 1. The molecular formula is C21H27ClN2O5. The Kier molecular flexibility index (Phi) is 6.08.